The summed E-state index contributed by atoms with van der Waals surface area (Å²) in [5.74, 6) is 6.05. The Morgan fingerprint density at radius 2 is 1.65 bits per heavy atom. The van der Waals surface area contributed by atoms with Crippen LogP contribution in [0.4, 0.5) is 0 Å². The van der Waals surface area contributed by atoms with Crippen molar-refractivity contribution in [1.29, 1.82) is 0 Å². The third kappa shape index (κ3) is 3.63. The molecule has 2 heteroatoms. The average molecular weight is 232 g/mol. The lowest BCUT2D eigenvalue weighted by Gasteiger charge is -2.02. The molecule has 0 aliphatic heterocycles. The van der Waals surface area contributed by atoms with Crippen molar-refractivity contribution in [2.75, 3.05) is 0 Å². The van der Waals surface area contributed by atoms with Crippen LogP contribution >= 0.6 is 0 Å². The Balaban J connectivity index is 2.03. The molecule has 1 N–H and O–H groups in total. The molecule has 2 nitrogen and oxygen atoms in total. The van der Waals surface area contributed by atoms with E-state index in [-0.39, 0.29) is 0 Å². The van der Waals surface area contributed by atoms with Crippen molar-refractivity contribution in [2.24, 2.45) is 11.8 Å². The second kappa shape index (κ2) is 5.91. The standard InChI is InChI=1S/C15H20O2/c16-15(17)14(11-13-7-3-4-8-13)10-9-12-5-1-2-6-12/h11-13H,1-8H2,(H,16,17)/b14-11+. The molecular weight excluding hydrogens is 212 g/mol. The molecule has 17 heavy (non-hydrogen) atoms. The van der Waals surface area contributed by atoms with Gasteiger partial charge >= 0.3 is 5.97 Å². The van der Waals surface area contributed by atoms with Crippen LogP contribution in [0.15, 0.2) is 11.6 Å². The number of carboxylic acids is 1. The van der Waals surface area contributed by atoms with Crippen molar-refractivity contribution in [3.05, 3.63) is 11.6 Å². The van der Waals surface area contributed by atoms with E-state index in [4.69, 9.17) is 5.11 Å². The molecule has 0 saturated heterocycles. The molecule has 2 aliphatic carbocycles. The van der Waals surface area contributed by atoms with Crippen molar-refractivity contribution >= 4 is 5.97 Å². The zero-order valence-electron chi connectivity index (χ0n) is 10.2. The summed E-state index contributed by atoms with van der Waals surface area (Å²) < 4.78 is 0. The first-order valence-electron chi connectivity index (χ1n) is 6.72. The minimum Gasteiger partial charge on any atom is -0.477 e. The number of rotatable bonds is 2. The van der Waals surface area contributed by atoms with Crippen molar-refractivity contribution in [3.8, 4) is 11.8 Å². The van der Waals surface area contributed by atoms with Crippen LogP contribution in [0.2, 0.25) is 0 Å². The summed E-state index contributed by atoms with van der Waals surface area (Å²) in [5, 5.41) is 9.14. The molecule has 0 unspecified atom stereocenters. The molecule has 0 aromatic heterocycles. The van der Waals surface area contributed by atoms with Crippen LogP contribution in [0.3, 0.4) is 0 Å². The van der Waals surface area contributed by atoms with Gasteiger partial charge in [-0.3, -0.25) is 0 Å². The Hall–Kier alpha value is -1.23. The molecule has 0 spiro atoms. The van der Waals surface area contributed by atoms with Crippen LogP contribution in [0.5, 0.6) is 0 Å². The Morgan fingerprint density at radius 1 is 1.06 bits per heavy atom. The summed E-state index contributed by atoms with van der Waals surface area (Å²) in [7, 11) is 0. The monoisotopic (exact) mass is 232 g/mol. The Kier molecular flexibility index (Phi) is 4.25. The topological polar surface area (TPSA) is 37.3 Å². The first-order chi connectivity index (χ1) is 8.25. The quantitative estimate of drug-likeness (QED) is 0.585. The summed E-state index contributed by atoms with van der Waals surface area (Å²) in [6.07, 6.45) is 11.4. The minimum absolute atomic E-state index is 0.323. The van der Waals surface area contributed by atoms with E-state index in [2.05, 4.69) is 11.8 Å². The second-order valence-electron chi connectivity index (χ2n) is 5.18. The highest BCUT2D eigenvalue weighted by Crippen LogP contribution is 2.27. The van der Waals surface area contributed by atoms with Crippen molar-refractivity contribution in [2.45, 2.75) is 51.4 Å². The fraction of sp³-hybridized carbons (Fsp3) is 0.667. The van der Waals surface area contributed by atoms with Gasteiger partial charge in [0.25, 0.3) is 0 Å². The third-order valence-electron chi connectivity index (χ3n) is 3.80. The predicted molar refractivity (Wildman–Crippen MR) is 67.4 cm³/mol. The fourth-order valence-electron chi connectivity index (χ4n) is 2.78. The Bertz CT molecular complexity index is 358. The van der Waals surface area contributed by atoms with Crippen LogP contribution in [0.1, 0.15) is 51.4 Å². The van der Waals surface area contributed by atoms with Gasteiger partial charge in [0.2, 0.25) is 0 Å². The van der Waals surface area contributed by atoms with Gasteiger partial charge < -0.3 is 5.11 Å². The molecule has 0 heterocycles. The van der Waals surface area contributed by atoms with E-state index in [1.165, 1.54) is 25.7 Å². The van der Waals surface area contributed by atoms with E-state index in [1.54, 1.807) is 0 Å². The maximum atomic E-state index is 11.1. The molecule has 2 saturated carbocycles. The zero-order valence-corrected chi connectivity index (χ0v) is 10.2. The normalized spacial score (nSPS) is 22.5. The molecule has 92 valence electrons. The third-order valence-corrected chi connectivity index (χ3v) is 3.80. The van der Waals surface area contributed by atoms with Gasteiger partial charge in [0, 0.05) is 5.92 Å². The molecule has 0 atom stereocenters. The van der Waals surface area contributed by atoms with Crippen molar-refractivity contribution < 1.29 is 9.90 Å². The van der Waals surface area contributed by atoms with Crippen LogP contribution in [-0.4, -0.2) is 11.1 Å². The first kappa shape index (κ1) is 12.2. The molecular formula is C15H20O2. The molecule has 0 aromatic carbocycles. The first-order valence-corrected chi connectivity index (χ1v) is 6.72. The maximum absolute atomic E-state index is 11.1. The van der Waals surface area contributed by atoms with Crippen molar-refractivity contribution in [1.82, 2.24) is 0 Å². The molecule has 2 fully saturated rings. The molecule has 0 bridgehead atoms. The SMILES string of the molecule is O=C(O)/C(C#CC1CCCC1)=C/C1CCCC1. The van der Waals surface area contributed by atoms with Gasteiger partial charge in [0.05, 0.1) is 0 Å². The number of allylic oxidation sites excluding steroid dienone is 1. The van der Waals surface area contributed by atoms with E-state index in [0.29, 0.717) is 17.4 Å². The summed E-state index contributed by atoms with van der Waals surface area (Å²) >= 11 is 0. The molecule has 0 radical (unpaired) electrons. The lowest BCUT2D eigenvalue weighted by Crippen LogP contribution is -2.02. The summed E-state index contributed by atoms with van der Waals surface area (Å²) in [5.41, 5.74) is 0.323. The molecule has 0 amide bonds. The Morgan fingerprint density at radius 3 is 2.24 bits per heavy atom. The number of hydrogen-bond acceptors (Lipinski definition) is 1. The number of carboxylic acid groups (broad SMARTS) is 1. The average Bonchev–Trinajstić information content (AvgIpc) is 2.97. The largest absolute Gasteiger partial charge is 0.477 e. The molecule has 2 rings (SSSR count). The number of aliphatic carboxylic acids is 1. The zero-order chi connectivity index (χ0) is 12.1. The van der Waals surface area contributed by atoms with E-state index >= 15 is 0 Å². The van der Waals surface area contributed by atoms with Gasteiger partial charge in [-0.1, -0.05) is 43.6 Å². The van der Waals surface area contributed by atoms with Gasteiger partial charge in [-0.15, -0.1) is 0 Å². The van der Waals surface area contributed by atoms with E-state index < -0.39 is 5.97 Å². The highest BCUT2D eigenvalue weighted by molar-refractivity contribution is 5.91. The van der Waals surface area contributed by atoms with Gasteiger partial charge in [-0.05, 0) is 31.6 Å². The van der Waals surface area contributed by atoms with Crippen LogP contribution < -0.4 is 0 Å². The van der Waals surface area contributed by atoms with Crippen LogP contribution in [0.25, 0.3) is 0 Å². The van der Waals surface area contributed by atoms with Gasteiger partial charge in [0.15, 0.2) is 0 Å². The second-order valence-corrected chi connectivity index (χ2v) is 5.18. The highest BCUT2D eigenvalue weighted by atomic mass is 16.4. The van der Waals surface area contributed by atoms with Crippen LogP contribution in [-0.2, 0) is 4.79 Å². The fourth-order valence-corrected chi connectivity index (χ4v) is 2.78. The number of hydrogen-bond donors (Lipinski definition) is 1. The lowest BCUT2D eigenvalue weighted by molar-refractivity contribution is -0.132. The minimum atomic E-state index is -0.859. The highest BCUT2D eigenvalue weighted by Gasteiger charge is 2.16. The molecule has 2 aliphatic rings. The van der Waals surface area contributed by atoms with E-state index in [0.717, 1.165) is 25.7 Å². The summed E-state index contributed by atoms with van der Waals surface area (Å²) in [6, 6.07) is 0. The van der Waals surface area contributed by atoms with Gasteiger partial charge in [-0.2, -0.15) is 0 Å². The smallest absolute Gasteiger partial charge is 0.343 e. The summed E-state index contributed by atoms with van der Waals surface area (Å²) in [6.45, 7) is 0. The lowest BCUT2D eigenvalue weighted by atomic mass is 10.0. The molecule has 0 aromatic rings. The predicted octanol–water partition coefficient (Wildman–Crippen LogP) is 3.38. The summed E-state index contributed by atoms with van der Waals surface area (Å²) in [4.78, 5) is 11.1. The maximum Gasteiger partial charge on any atom is 0.343 e. The van der Waals surface area contributed by atoms with Gasteiger partial charge in [-0.25, -0.2) is 4.79 Å². The van der Waals surface area contributed by atoms with Crippen LogP contribution in [0, 0.1) is 23.7 Å². The van der Waals surface area contributed by atoms with Crippen molar-refractivity contribution in [3.63, 3.8) is 0 Å². The Labute approximate surface area is 103 Å². The van der Waals surface area contributed by atoms with E-state index in [1.807, 2.05) is 6.08 Å². The number of carbonyl (C=O) groups is 1. The van der Waals surface area contributed by atoms with Gasteiger partial charge in [0.1, 0.15) is 5.57 Å². The van der Waals surface area contributed by atoms with E-state index in [9.17, 15) is 4.79 Å².